The van der Waals surface area contributed by atoms with Crippen molar-refractivity contribution in [2.45, 2.75) is 109 Å². The molecule has 0 fully saturated rings. The zero-order valence-electron chi connectivity index (χ0n) is 49.4. The monoisotopic (exact) mass is 1200 g/mol. The molecule has 464 valence electrons. The number of hydrogen-bond acceptors (Lipinski definition) is 16. The summed E-state index contributed by atoms with van der Waals surface area (Å²) in [5.74, 6) is -9.99. The average Bonchev–Trinajstić information content (AvgIpc) is 1.63. The van der Waals surface area contributed by atoms with Crippen LogP contribution in [0.1, 0.15) is 104 Å². The summed E-state index contributed by atoms with van der Waals surface area (Å²) in [5, 5.41) is 28.9. The standard InChI is InChI=1S/C59H74N14O14/c1-9-31-28(2)39-23-44-35-17-14-34(55(83)86-7)51(56(84)87-8)59(35,5)46(70-44)25-40-30(4)33(16-19-50(78)85-6)43(69-40)24-42-32(29(3)38(68-42)22-41(31)67-39)15-18-47(74)71-36(12-10-20-64-57(60)61)52(79)66-27-48(75)72-45(26-49(76)77)53(80)73-37(54(81)82)13-11-21-65-58(62)63/h9,14,17,22-25,36-37,45,51,68-69H,1,10-13,15-16,18-21,26-27H2,2-8H3,(H,66,79)(H,71,74)(H,72,75)(H,73,80)(H,76,77)(H,81,82)(H4,60,61,64)(H4,62,63,65)/t36-,37-,45?,51?,59+/m0/s1. The minimum absolute atomic E-state index is 0.00301. The van der Waals surface area contributed by atoms with Gasteiger partial charge < -0.3 is 78.6 Å². The van der Waals surface area contributed by atoms with Crippen molar-refractivity contribution >= 4 is 104 Å². The molecule has 0 saturated heterocycles. The van der Waals surface area contributed by atoms with Crippen molar-refractivity contribution in [2.75, 3.05) is 41.0 Å². The Hall–Kier alpha value is -10.2. The van der Waals surface area contributed by atoms with Gasteiger partial charge in [0.05, 0.1) is 68.1 Å². The Morgan fingerprint density at radius 3 is 1.86 bits per heavy atom. The second-order valence-electron chi connectivity index (χ2n) is 21.0. The number of aryl methyl sites for hydroxylation is 4. The lowest BCUT2D eigenvalue weighted by molar-refractivity contribution is -0.149. The van der Waals surface area contributed by atoms with Gasteiger partial charge in [0.15, 0.2) is 11.9 Å². The van der Waals surface area contributed by atoms with Crippen LogP contribution in [-0.4, -0.2) is 155 Å². The van der Waals surface area contributed by atoms with E-state index in [9.17, 15) is 53.4 Å². The second kappa shape index (κ2) is 29.1. The summed E-state index contributed by atoms with van der Waals surface area (Å²) in [5.41, 5.74) is 29.7. The highest BCUT2D eigenvalue weighted by Gasteiger charge is 2.54. The number of ether oxygens (including phenoxy) is 3. The summed E-state index contributed by atoms with van der Waals surface area (Å²) >= 11 is 0. The molecule has 6 rings (SSSR count). The Labute approximate surface area is 499 Å². The van der Waals surface area contributed by atoms with Crippen molar-refractivity contribution in [3.05, 3.63) is 99.7 Å². The van der Waals surface area contributed by atoms with E-state index in [0.717, 1.165) is 22.3 Å². The molecular formula is C59H74N14O14. The Balaban J connectivity index is 1.38. The number of H-pyrrole nitrogens is 2. The number of fused-ring (bicyclic) bond motifs is 11. The summed E-state index contributed by atoms with van der Waals surface area (Å²) in [4.78, 5) is 143. The molecule has 5 heterocycles. The van der Waals surface area contributed by atoms with Crippen LogP contribution in [0.4, 0.5) is 0 Å². The maximum atomic E-state index is 14.1. The number of aliphatic imine (C=N–C) groups is 2. The topological polar surface area (TPSA) is 456 Å². The van der Waals surface area contributed by atoms with Crippen LogP contribution in [0.15, 0.2) is 64.6 Å². The predicted molar refractivity (Wildman–Crippen MR) is 321 cm³/mol. The van der Waals surface area contributed by atoms with Gasteiger partial charge in [0.1, 0.15) is 24.0 Å². The molecular weight excluding hydrogens is 1130 g/mol. The number of aromatic nitrogens is 4. The number of esters is 3. The SMILES string of the molecule is C=CC1=C(C)c2cc3nc(cc4[nH]c(cc5[nH]c(cc1n2)c(C)c5CCC(=O)N[C@@H](CCCN=C(N)N)C(=O)NCC(=O)NC(CC(=O)O)C(=O)N[C@@H](CCCN=C(N)N)C(=O)O)c(CCC(=O)OC)c4C)[C@@]1(C)C3=CC=C(C(=O)OC)C1C(=O)OC. The van der Waals surface area contributed by atoms with Gasteiger partial charge in [-0.1, -0.05) is 24.8 Å². The molecule has 0 radical (unpaired) electrons. The molecule has 1 aliphatic carbocycles. The Morgan fingerprint density at radius 1 is 0.701 bits per heavy atom. The molecule has 0 aromatic carbocycles. The van der Waals surface area contributed by atoms with Crippen LogP contribution in [-0.2, 0) is 75.6 Å². The molecule has 3 aromatic heterocycles. The van der Waals surface area contributed by atoms with E-state index >= 15 is 0 Å². The summed E-state index contributed by atoms with van der Waals surface area (Å²) < 4.78 is 15.5. The fourth-order valence-corrected chi connectivity index (χ4v) is 10.7. The third kappa shape index (κ3) is 15.8. The number of nitrogens with one attached hydrogen (secondary N) is 6. The number of carboxylic acid groups (broad SMARTS) is 2. The fourth-order valence-electron chi connectivity index (χ4n) is 10.7. The third-order valence-corrected chi connectivity index (χ3v) is 15.3. The van der Waals surface area contributed by atoms with Gasteiger partial charge in [0, 0.05) is 53.6 Å². The first-order chi connectivity index (χ1) is 41.3. The third-order valence-electron chi connectivity index (χ3n) is 15.3. The number of aliphatic carboxylic acids is 2. The molecule has 16 N–H and O–H groups in total. The molecule has 4 amide bonds. The van der Waals surface area contributed by atoms with Crippen LogP contribution in [0.3, 0.4) is 0 Å². The Bertz CT molecular complexity index is 3600. The van der Waals surface area contributed by atoms with Crippen molar-refractivity contribution in [1.82, 2.24) is 41.2 Å². The van der Waals surface area contributed by atoms with Gasteiger partial charge in [-0.2, -0.15) is 0 Å². The lowest BCUT2D eigenvalue weighted by Crippen LogP contribution is -2.54. The molecule has 87 heavy (non-hydrogen) atoms. The number of nitrogens with two attached hydrogens (primary N) is 4. The normalized spacial score (nSPS) is 16.0. The van der Waals surface area contributed by atoms with Crippen molar-refractivity contribution in [1.29, 1.82) is 0 Å². The number of rotatable bonds is 27. The van der Waals surface area contributed by atoms with Crippen LogP contribution in [0.5, 0.6) is 0 Å². The quantitative estimate of drug-likeness (QED) is 0.0169. The van der Waals surface area contributed by atoms with Gasteiger partial charge in [-0.3, -0.25) is 48.5 Å². The Kier molecular flexibility index (Phi) is 22.1. The number of methoxy groups -OCH3 is 3. The van der Waals surface area contributed by atoms with Gasteiger partial charge >= 0.3 is 29.8 Å². The number of guanidine groups is 2. The van der Waals surface area contributed by atoms with Gasteiger partial charge in [0.25, 0.3) is 0 Å². The van der Waals surface area contributed by atoms with Gasteiger partial charge in [-0.15, -0.1) is 0 Å². The summed E-state index contributed by atoms with van der Waals surface area (Å²) in [7, 11) is 3.76. The van der Waals surface area contributed by atoms with Crippen LogP contribution in [0.2, 0.25) is 0 Å². The zero-order chi connectivity index (χ0) is 64.0. The number of carbonyl (C=O) groups excluding carboxylic acids is 7. The van der Waals surface area contributed by atoms with Crippen LogP contribution in [0, 0.1) is 19.8 Å². The molecule has 8 bridgehead atoms. The van der Waals surface area contributed by atoms with Crippen LogP contribution < -0.4 is 44.2 Å². The first kappa shape index (κ1) is 66.0. The molecule has 0 saturated carbocycles. The molecule has 2 aliphatic heterocycles. The highest BCUT2D eigenvalue weighted by molar-refractivity contribution is 6.03. The molecule has 0 spiro atoms. The summed E-state index contributed by atoms with van der Waals surface area (Å²) in [6.45, 7) is 10.9. The zero-order valence-corrected chi connectivity index (χ0v) is 49.4. The van der Waals surface area contributed by atoms with E-state index < -0.39 is 95.9 Å². The smallest absolute Gasteiger partial charge is 0.334 e. The highest BCUT2D eigenvalue weighted by Crippen LogP contribution is 2.52. The fraction of sp³-hybridized carbons (Fsp3) is 0.407. The minimum Gasteiger partial charge on any atom is -0.481 e. The van der Waals surface area contributed by atoms with E-state index in [1.54, 1.807) is 24.3 Å². The average molecular weight is 1200 g/mol. The maximum Gasteiger partial charge on any atom is 0.334 e. The number of carboxylic acids is 2. The number of aromatic amines is 2. The van der Waals surface area contributed by atoms with E-state index in [-0.39, 0.29) is 81.9 Å². The van der Waals surface area contributed by atoms with Crippen molar-refractivity contribution in [2.24, 2.45) is 38.8 Å². The largest absolute Gasteiger partial charge is 0.481 e. The molecule has 3 aromatic rings. The number of carbonyl (C=O) groups is 9. The molecule has 5 atom stereocenters. The first-order valence-electron chi connectivity index (χ1n) is 27.7. The lowest BCUT2D eigenvalue weighted by Gasteiger charge is -2.36. The van der Waals surface area contributed by atoms with E-state index in [4.69, 9.17) is 47.1 Å². The molecule has 28 nitrogen and oxygen atoms in total. The van der Waals surface area contributed by atoms with Crippen molar-refractivity contribution in [3.63, 3.8) is 0 Å². The van der Waals surface area contributed by atoms with E-state index in [2.05, 4.69) is 47.8 Å². The van der Waals surface area contributed by atoms with Gasteiger partial charge in [0.2, 0.25) is 23.6 Å². The predicted octanol–water partition coefficient (Wildman–Crippen LogP) is 1.57. The minimum atomic E-state index is -1.76. The van der Waals surface area contributed by atoms with Gasteiger partial charge in [-0.05, 0) is 124 Å². The number of amides is 4. The molecule has 2 unspecified atom stereocenters. The first-order valence-corrected chi connectivity index (χ1v) is 27.7. The summed E-state index contributed by atoms with van der Waals surface area (Å²) in [6, 6.07) is 2.80. The van der Waals surface area contributed by atoms with E-state index in [1.807, 2.05) is 45.9 Å². The molecule has 28 heteroatoms. The van der Waals surface area contributed by atoms with E-state index in [0.29, 0.717) is 61.6 Å². The Morgan fingerprint density at radius 2 is 1.30 bits per heavy atom. The lowest BCUT2D eigenvalue weighted by atomic mass is 9.64. The van der Waals surface area contributed by atoms with Crippen molar-refractivity contribution < 1.29 is 67.6 Å². The van der Waals surface area contributed by atoms with Crippen LogP contribution >= 0.6 is 0 Å². The number of nitrogens with zero attached hydrogens (tertiary/aromatic N) is 4. The van der Waals surface area contributed by atoms with Crippen LogP contribution in [0.25, 0.3) is 38.8 Å². The van der Waals surface area contributed by atoms with E-state index in [1.165, 1.54) is 21.3 Å². The van der Waals surface area contributed by atoms with Gasteiger partial charge in [-0.25, -0.2) is 14.6 Å². The number of allylic oxidation sites excluding steroid dienone is 6. The number of hydrogen-bond donors (Lipinski definition) is 12. The highest BCUT2D eigenvalue weighted by atomic mass is 16.5. The summed E-state index contributed by atoms with van der Waals surface area (Å²) in [6.07, 6.45) is 4.32. The van der Waals surface area contributed by atoms with Crippen molar-refractivity contribution in [3.8, 4) is 0 Å². The molecule has 3 aliphatic rings. The second-order valence-corrected chi connectivity index (χ2v) is 21.0. The maximum absolute atomic E-state index is 14.1.